The monoisotopic (exact) mass is 574 g/mol. The molecule has 0 nitrogen and oxygen atoms in total. The van der Waals surface area contributed by atoms with Crippen molar-refractivity contribution in [1.82, 2.24) is 0 Å². The largest absolute Gasteiger partial charge is 0.147 e. The van der Waals surface area contributed by atoms with E-state index in [1.54, 1.807) is 22.3 Å². The average molecular weight is 577 g/mol. The summed E-state index contributed by atoms with van der Waals surface area (Å²) in [7, 11) is 0. The van der Waals surface area contributed by atoms with Crippen LogP contribution in [0.4, 0.5) is 0 Å². The summed E-state index contributed by atoms with van der Waals surface area (Å²) >= 11 is -1.92. The van der Waals surface area contributed by atoms with Crippen LogP contribution in [-0.4, -0.2) is 5.43 Å². The quantitative estimate of drug-likeness (QED) is 0.320. The fourth-order valence-corrected chi connectivity index (χ4v) is 25.3. The summed E-state index contributed by atoms with van der Waals surface area (Å²) in [5.74, 6) is 0.655. The first-order valence-electron chi connectivity index (χ1n) is 11.6. The minimum absolute atomic E-state index is 0. The number of fused-ring (bicyclic) bond motifs is 1. The fraction of sp³-hybridized carbons (Fsp3) is 0.379. The van der Waals surface area contributed by atoms with Gasteiger partial charge in [-0.1, -0.05) is 0 Å². The first-order valence-corrected chi connectivity index (χ1v) is 20.4. The molecule has 0 bridgehead atoms. The van der Waals surface area contributed by atoms with Gasteiger partial charge in [-0.2, -0.15) is 0 Å². The molecule has 0 aromatic heterocycles. The van der Waals surface area contributed by atoms with E-state index in [0.717, 1.165) is 0 Å². The maximum Gasteiger partial charge on any atom is -0.147 e. The number of aryl methyl sites for hydroxylation is 2. The number of allylic oxidation sites excluding steroid dienone is 5. The Balaban J connectivity index is 0.00000193. The topological polar surface area (TPSA) is 0 Å². The van der Waals surface area contributed by atoms with Gasteiger partial charge in [-0.05, 0) is 0 Å². The Kier molecular flexibility index (Phi) is 9.48. The molecule has 0 heterocycles. The molecule has 0 saturated heterocycles. The van der Waals surface area contributed by atoms with Gasteiger partial charge in [0.05, 0.1) is 0 Å². The Morgan fingerprint density at radius 1 is 0.818 bits per heavy atom. The van der Waals surface area contributed by atoms with Crippen LogP contribution in [0.1, 0.15) is 64.7 Å². The van der Waals surface area contributed by atoms with Crippen LogP contribution in [0.3, 0.4) is 0 Å². The maximum atomic E-state index is 2.70. The van der Waals surface area contributed by atoms with Gasteiger partial charge in [0, 0.05) is 0 Å². The number of hydrogen-bond acceptors (Lipinski definition) is 0. The van der Waals surface area contributed by atoms with E-state index in [2.05, 4.69) is 104 Å². The van der Waals surface area contributed by atoms with E-state index in [1.807, 2.05) is 3.28 Å². The van der Waals surface area contributed by atoms with E-state index < -0.39 is 20.4 Å². The number of hydrogen-bond donors (Lipinski definition) is 0. The molecule has 2 unspecified atom stereocenters. The van der Waals surface area contributed by atoms with Gasteiger partial charge in [0.15, 0.2) is 0 Å². The van der Waals surface area contributed by atoms with Crippen LogP contribution in [0.2, 0.25) is 13.1 Å². The third-order valence-electron chi connectivity index (χ3n) is 7.94. The molecule has 176 valence electrons. The van der Waals surface area contributed by atoms with Crippen LogP contribution >= 0.6 is 24.8 Å². The molecule has 0 aliphatic heterocycles. The minimum atomic E-state index is -1.92. The standard InChI is InChI=1S/C18H17.C9H13.C2H6Si.2ClH.Zr/c1-12-10-16(11-13(2)14(12)3)18-9-8-15-6-4-5-7-17(15)18;1-6-5-7(2)9(4)8(6)3;1-3-2;;;/h4-11H,1-3H3;6H,1-4H3;1-2H3;2*1H;. The van der Waals surface area contributed by atoms with E-state index in [0.29, 0.717) is 9.54 Å². The Morgan fingerprint density at radius 3 is 1.91 bits per heavy atom. The van der Waals surface area contributed by atoms with Gasteiger partial charge in [-0.25, -0.2) is 0 Å². The van der Waals surface area contributed by atoms with E-state index in [1.165, 1.54) is 33.4 Å². The first kappa shape index (κ1) is 28.6. The van der Waals surface area contributed by atoms with Crippen LogP contribution in [0.15, 0.2) is 62.5 Å². The van der Waals surface area contributed by atoms with Crippen molar-refractivity contribution in [1.29, 1.82) is 0 Å². The van der Waals surface area contributed by atoms with Crippen molar-refractivity contribution in [2.24, 2.45) is 5.92 Å². The van der Waals surface area contributed by atoms with Crippen LogP contribution in [0, 0.1) is 26.7 Å². The van der Waals surface area contributed by atoms with Gasteiger partial charge in [0.25, 0.3) is 0 Å². The van der Waals surface area contributed by atoms with Crippen LogP contribution in [0.25, 0.3) is 5.57 Å². The zero-order chi connectivity index (χ0) is 22.6. The molecule has 2 aliphatic rings. The summed E-state index contributed by atoms with van der Waals surface area (Å²) in [5.41, 5.74) is 14.7. The molecule has 2 aromatic rings. The number of halogens is 2. The molecule has 0 amide bonds. The van der Waals surface area contributed by atoms with Crippen molar-refractivity contribution < 1.29 is 20.4 Å². The molecule has 0 N–H and O–H groups in total. The van der Waals surface area contributed by atoms with Gasteiger partial charge < -0.3 is 0 Å². The number of benzene rings is 2. The normalized spacial score (nSPS) is 19.1. The molecule has 2 atom stereocenters. The molecule has 2 aromatic carbocycles. The minimum Gasteiger partial charge on any atom is -0.147 e. The van der Waals surface area contributed by atoms with E-state index in [4.69, 9.17) is 0 Å². The smallest absolute Gasteiger partial charge is 0.147 e. The van der Waals surface area contributed by atoms with Crippen molar-refractivity contribution in [2.75, 3.05) is 0 Å². The second-order valence-electron chi connectivity index (χ2n) is 9.86. The molecule has 4 heteroatoms. The van der Waals surface area contributed by atoms with Gasteiger partial charge in [0.2, 0.25) is 0 Å². The van der Waals surface area contributed by atoms with Crippen LogP contribution in [-0.2, 0) is 20.4 Å². The van der Waals surface area contributed by atoms with Gasteiger partial charge in [-0.15, -0.1) is 24.8 Å². The maximum absolute atomic E-state index is 2.70. The second kappa shape index (κ2) is 10.9. The third kappa shape index (κ3) is 4.88. The summed E-state index contributed by atoms with van der Waals surface area (Å²) in [6.45, 7) is 21.6. The Morgan fingerprint density at radius 2 is 1.39 bits per heavy atom. The molecule has 0 radical (unpaired) electrons. The van der Waals surface area contributed by atoms with Gasteiger partial charge >= 0.3 is 198 Å². The summed E-state index contributed by atoms with van der Waals surface area (Å²) in [5, 5.41) is 0. The van der Waals surface area contributed by atoms with Gasteiger partial charge in [-0.3, -0.25) is 0 Å². The zero-order valence-electron chi connectivity index (χ0n) is 21.5. The van der Waals surface area contributed by atoms with Crippen LogP contribution < -0.4 is 0 Å². The summed E-state index contributed by atoms with van der Waals surface area (Å²) in [6, 6.07) is 14.1. The van der Waals surface area contributed by atoms with Crippen LogP contribution in [0.5, 0.6) is 0 Å². The van der Waals surface area contributed by atoms with Crippen molar-refractivity contribution in [3.05, 3.63) is 95.9 Å². The van der Waals surface area contributed by atoms with E-state index >= 15 is 0 Å². The summed E-state index contributed by atoms with van der Waals surface area (Å²) in [6.07, 6.45) is 2.70. The molecular formula is C29H38Cl2SiZr. The molecule has 0 saturated carbocycles. The second-order valence-corrected chi connectivity index (χ2v) is 27.3. The fourth-order valence-electron chi connectivity index (χ4n) is 5.59. The van der Waals surface area contributed by atoms with Crippen molar-refractivity contribution >= 4 is 35.8 Å². The third-order valence-corrected chi connectivity index (χ3v) is 26.5. The van der Waals surface area contributed by atoms with Crippen molar-refractivity contribution in [3.8, 4) is 0 Å². The molecule has 33 heavy (non-hydrogen) atoms. The van der Waals surface area contributed by atoms with Gasteiger partial charge in [0.1, 0.15) is 0 Å². The van der Waals surface area contributed by atoms with Crippen molar-refractivity contribution in [2.45, 2.75) is 65.2 Å². The van der Waals surface area contributed by atoms with E-state index in [-0.39, 0.29) is 30.2 Å². The first-order chi connectivity index (χ1) is 14.6. The number of rotatable bonds is 3. The Hall–Kier alpha value is -0.660. The molecule has 2 aliphatic carbocycles. The Labute approximate surface area is 221 Å². The molecular weight excluding hydrogens is 539 g/mol. The predicted molar refractivity (Wildman–Crippen MR) is 149 cm³/mol. The SMILES string of the molecule is CC1=C(C)C(C)[C]([Zr]([CH]2C=C(c3cc(C)c(C)c(C)c3)c3ccccc32)=[Si](C)C)=C1C.Cl.Cl. The zero-order valence-corrected chi connectivity index (χ0v) is 26.6. The van der Waals surface area contributed by atoms with E-state index in [9.17, 15) is 0 Å². The van der Waals surface area contributed by atoms with Crippen molar-refractivity contribution in [3.63, 3.8) is 0 Å². The average Bonchev–Trinajstić information content (AvgIpc) is 3.19. The molecule has 0 spiro atoms. The predicted octanol–water partition coefficient (Wildman–Crippen LogP) is 9.07. The summed E-state index contributed by atoms with van der Waals surface area (Å²) < 4.78 is 2.58. The molecule has 4 rings (SSSR count). The summed E-state index contributed by atoms with van der Waals surface area (Å²) in [4.78, 5) is 0. The molecule has 0 fully saturated rings. The Bertz CT molecular complexity index is 1200.